The number of aromatic nitrogens is 1. The van der Waals surface area contributed by atoms with E-state index in [0.29, 0.717) is 16.6 Å². The van der Waals surface area contributed by atoms with Gasteiger partial charge in [-0.1, -0.05) is 11.6 Å². The van der Waals surface area contributed by atoms with Crippen LogP contribution in [0.4, 0.5) is 0 Å². The monoisotopic (exact) mass is 331 g/mol. The van der Waals surface area contributed by atoms with Gasteiger partial charge < -0.3 is 15.1 Å². The molecule has 1 aliphatic heterocycles. The molecule has 1 unspecified atom stereocenters. The molecule has 4 rings (SSSR count). The fourth-order valence-electron chi connectivity index (χ4n) is 3.26. The number of halogens is 1. The number of amides is 1. The zero-order valence-electron chi connectivity index (χ0n) is 12.6. The predicted molar refractivity (Wildman–Crippen MR) is 87.2 cm³/mol. The van der Waals surface area contributed by atoms with Gasteiger partial charge in [0.15, 0.2) is 0 Å². The van der Waals surface area contributed by atoms with Crippen LogP contribution in [0.15, 0.2) is 34.9 Å². The van der Waals surface area contributed by atoms with E-state index in [2.05, 4.69) is 15.6 Å². The van der Waals surface area contributed by atoms with Crippen molar-refractivity contribution < 1.29 is 9.21 Å². The van der Waals surface area contributed by atoms with Crippen LogP contribution in [0, 0.1) is 0 Å². The van der Waals surface area contributed by atoms with Crippen LogP contribution in [-0.2, 0) is 11.2 Å². The minimum atomic E-state index is 0.000862. The van der Waals surface area contributed by atoms with Gasteiger partial charge in [0.05, 0.1) is 12.1 Å². The van der Waals surface area contributed by atoms with E-state index < -0.39 is 0 Å². The second-order valence-corrected chi connectivity index (χ2v) is 6.76. The van der Waals surface area contributed by atoms with Crippen molar-refractivity contribution in [2.45, 2.75) is 37.3 Å². The minimum absolute atomic E-state index is 0.000862. The van der Waals surface area contributed by atoms with Gasteiger partial charge in [-0.3, -0.25) is 4.79 Å². The van der Waals surface area contributed by atoms with Gasteiger partial charge in [0.25, 0.3) is 0 Å². The van der Waals surface area contributed by atoms with Crippen molar-refractivity contribution in [3.05, 3.63) is 41.2 Å². The molecule has 2 aliphatic rings. The highest BCUT2D eigenvalue weighted by molar-refractivity contribution is 6.30. The number of benzene rings is 1. The number of nitrogens with zero attached hydrogens (tertiary/aromatic N) is 1. The fraction of sp³-hybridized carbons (Fsp3) is 0.412. The molecule has 5 nitrogen and oxygen atoms in total. The van der Waals surface area contributed by atoms with Gasteiger partial charge in [-0.2, -0.15) is 0 Å². The number of carbonyl (C=O) groups excluding carboxylic acids is 1. The normalized spacial score (nSPS) is 21.5. The Labute approximate surface area is 139 Å². The van der Waals surface area contributed by atoms with Crippen molar-refractivity contribution in [3.8, 4) is 11.5 Å². The highest BCUT2D eigenvalue weighted by Crippen LogP contribution is 2.42. The zero-order chi connectivity index (χ0) is 15.9. The topological polar surface area (TPSA) is 67.2 Å². The van der Waals surface area contributed by atoms with Crippen molar-refractivity contribution in [2.75, 3.05) is 6.54 Å². The zero-order valence-corrected chi connectivity index (χ0v) is 13.4. The first kappa shape index (κ1) is 14.7. The number of nitrogens with one attached hydrogen (secondary N) is 2. The number of carbonyl (C=O) groups is 1. The third-order valence-corrected chi connectivity index (χ3v) is 4.94. The van der Waals surface area contributed by atoms with Crippen molar-refractivity contribution in [2.24, 2.45) is 0 Å². The van der Waals surface area contributed by atoms with Gasteiger partial charge in [0.2, 0.25) is 11.8 Å². The summed E-state index contributed by atoms with van der Waals surface area (Å²) >= 11 is 5.87. The van der Waals surface area contributed by atoms with E-state index in [4.69, 9.17) is 16.0 Å². The lowest BCUT2D eigenvalue weighted by atomic mass is 10.1. The Morgan fingerprint density at radius 3 is 2.91 bits per heavy atom. The molecule has 1 aliphatic carbocycles. The van der Waals surface area contributed by atoms with Gasteiger partial charge in [-0.25, -0.2) is 4.98 Å². The second-order valence-electron chi connectivity index (χ2n) is 6.32. The van der Waals surface area contributed by atoms with E-state index in [0.717, 1.165) is 31.4 Å². The average Bonchev–Trinajstić information content (AvgIpc) is 2.99. The Hall–Kier alpha value is -1.85. The third kappa shape index (κ3) is 2.99. The van der Waals surface area contributed by atoms with Crippen LogP contribution in [0.1, 0.15) is 25.0 Å². The number of hydrogen-bond donors (Lipinski definition) is 2. The molecule has 1 saturated carbocycles. The maximum Gasteiger partial charge on any atom is 0.226 e. The number of oxazole rings is 1. The summed E-state index contributed by atoms with van der Waals surface area (Å²) in [5.41, 5.74) is 1.66. The Kier molecular flexibility index (Phi) is 3.62. The van der Waals surface area contributed by atoms with E-state index in [1.54, 1.807) is 18.4 Å². The molecule has 120 valence electrons. The number of rotatable bonds is 4. The standard InChI is InChI=1S/C17H18ClN3O2/c18-12-3-1-11(2-4-12)16-20-13(10-23-16)9-15(22)21-14-5-8-19-17(14)6-7-17/h1-4,10,14,19H,5-9H2,(H,21,22). The van der Waals surface area contributed by atoms with Gasteiger partial charge >= 0.3 is 0 Å². The maximum atomic E-state index is 12.2. The van der Waals surface area contributed by atoms with E-state index in [-0.39, 0.29) is 23.9 Å². The molecule has 1 aromatic heterocycles. The molecule has 6 heteroatoms. The van der Waals surface area contributed by atoms with Crippen LogP contribution < -0.4 is 10.6 Å². The molecule has 2 fully saturated rings. The van der Waals surface area contributed by atoms with E-state index in [9.17, 15) is 4.79 Å². The van der Waals surface area contributed by atoms with Gasteiger partial charge in [-0.15, -0.1) is 0 Å². The molecule has 0 bridgehead atoms. The Morgan fingerprint density at radius 1 is 1.39 bits per heavy atom. The summed E-state index contributed by atoms with van der Waals surface area (Å²) in [4.78, 5) is 16.6. The molecular weight excluding hydrogens is 314 g/mol. The van der Waals surface area contributed by atoms with E-state index >= 15 is 0 Å². The van der Waals surface area contributed by atoms with Crippen molar-refractivity contribution in [1.82, 2.24) is 15.6 Å². The molecule has 1 spiro atoms. The van der Waals surface area contributed by atoms with Crippen LogP contribution in [0.2, 0.25) is 5.02 Å². The molecule has 0 radical (unpaired) electrons. The highest BCUT2D eigenvalue weighted by Gasteiger charge is 2.52. The van der Waals surface area contributed by atoms with Crippen LogP contribution in [0.3, 0.4) is 0 Å². The van der Waals surface area contributed by atoms with Crippen molar-refractivity contribution in [3.63, 3.8) is 0 Å². The maximum absolute atomic E-state index is 12.2. The van der Waals surface area contributed by atoms with Gasteiger partial charge in [-0.05, 0) is 50.1 Å². The first-order chi connectivity index (χ1) is 11.1. The molecule has 1 aromatic carbocycles. The molecule has 2 N–H and O–H groups in total. The lowest BCUT2D eigenvalue weighted by Gasteiger charge is -2.19. The quantitative estimate of drug-likeness (QED) is 0.903. The molecule has 1 amide bonds. The minimum Gasteiger partial charge on any atom is -0.444 e. The summed E-state index contributed by atoms with van der Waals surface area (Å²) in [6, 6.07) is 7.52. The Bertz CT molecular complexity index is 722. The summed E-state index contributed by atoms with van der Waals surface area (Å²) in [6.07, 6.45) is 5.10. The molecule has 2 aromatic rings. The number of hydrogen-bond acceptors (Lipinski definition) is 4. The molecule has 23 heavy (non-hydrogen) atoms. The predicted octanol–water partition coefficient (Wildman–Crippen LogP) is 2.55. The van der Waals surface area contributed by atoms with Crippen molar-refractivity contribution in [1.29, 1.82) is 0 Å². The van der Waals surface area contributed by atoms with E-state index in [1.165, 1.54) is 0 Å². The molecular formula is C17H18ClN3O2. The Morgan fingerprint density at radius 2 is 2.17 bits per heavy atom. The lowest BCUT2D eigenvalue weighted by Crippen LogP contribution is -2.45. The SMILES string of the molecule is O=C(Cc1coc(-c2ccc(Cl)cc2)n1)NC1CCNC12CC2. The molecule has 1 atom stereocenters. The second kappa shape index (κ2) is 5.65. The first-order valence-electron chi connectivity index (χ1n) is 7.89. The van der Waals surface area contributed by atoms with Gasteiger partial charge in [0.1, 0.15) is 6.26 Å². The van der Waals surface area contributed by atoms with Crippen molar-refractivity contribution >= 4 is 17.5 Å². The van der Waals surface area contributed by atoms with Crippen LogP contribution in [0.5, 0.6) is 0 Å². The van der Waals surface area contributed by atoms with Crippen LogP contribution in [-0.4, -0.2) is 29.0 Å². The fourth-order valence-corrected chi connectivity index (χ4v) is 3.38. The Balaban J connectivity index is 1.39. The van der Waals surface area contributed by atoms with E-state index in [1.807, 2.05) is 12.1 Å². The summed E-state index contributed by atoms with van der Waals surface area (Å²) in [5, 5.41) is 7.30. The summed E-state index contributed by atoms with van der Waals surface area (Å²) in [5.74, 6) is 0.506. The smallest absolute Gasteiger partial charge is 0.226 e. The van der Waals surface area contributed by atoms with Gasteiger partial charge in [0, 0.05) is 22.2 Å². The largest absolute Gasteiger partial charge is 0.444 e. The lowest BCUT2D eigenvalue weighted by molar-refractivity contribution is -0.121. The molecule has 2 heterocycles. The first-order valence-corrected chi connectivity index (χ1v) is 8.27. The molecule has 1 saturated heterocycles. The summed E-state index contributed by atoms with van der Waals surface area (Å²) in [6.45, 7) is 0.982. The third-order valence-electron chi connectivity index (χ3n) is 4.69. The van der Waals surface area contributed by atoms with Crippen LogP contribution >= 0.6 is 11.6 Å². The van der Waals surface area contributed by atoms with Crippen LogP contribution in [0.25, 0.3) is 11.5 Å². The summed E-state index contributed by atoms with van der Waals surface area (Å²) < 4.78 is 5.47. The average molecular weight is 332 g/mol. The highest BCUT2D eigenvalue weighted by atomic mass is 35.5. The summed E-state index contributed by atoms with van der Waals surface area (Å²) in [7, 11) is 0.